The first-order chi connectivity index (χ1) is 13.2. The lowest BCUT2D eigenvalue weighted by Gasteiger charge is -2.19. The van der Waals surface area contributed by atoms with Crippen LogP contribution in [0.1, 0.15) is 16.1 Å². The molecule has 0 radical (unpaired) electrons. The van der Waals surface area contributed by atoms with Crippen LogP contribution in [0.2, 0.25) is 0 Å². The second-order valence-electron chi connectivity index (χ2n) is 6.15. The molecular weight excluding hydrogens is 338 g/mol. The summed E-state index contributed by atoms with van der Waals surface area (Å²) in [5.41, 5.74) is 3.51. The van der Waals surface area contributed by atoms with Gasteiger partial charge in [-0.15, -0.1) is 0 Å². The van der Waals surface area contributed by atoms with Gasteiger partial charge >= 0.3 is 0 Å². The van der Waals surface area contributed by atoms with Gasteiger partial charge in [0.25, 0.3) is 5.91 Å². The molecule has 0 unspecified atom stereocenters. The Morgan fingerprint density at radius 1 is 1.04 bits per heavy atom. The molecule has 0 aliphatic heterocycles. The normalized spacial score (nSPS) is 10.3. The van der Waals surface area contributed by atoms with Crippen molar-refractivity contribution < 1.29 is 9.53 Å². The number of nitrogens with one attached hydrogen (secondary N) is 1. The topological polar surface area (TPSA) is 54.5 Å². The van der Waals surface area contributed by atoms with Crippen molar-refractivity contribution in [3.63, 3.8) is 0 Å². The van der Waals surface area contributed by atoms with Crippen molar-refractivity contribution in [2.45, 2.75) is 6.42 Å². The molecule has 1 N–H and O–H groups in total. The van der Waals surface area contributed by atoms with E-state index >= 15 is 0 Å². The number of nitrogens with zero attached hydrogens (tertiary/aromatic N) is 2. The van der Waals surface area contributed by atoms with E-state index in [0.29, 0.717) is 12.2 Å². The van der Waals surface area contributed by atoms with E-state index in [1.807, 2.05) is 72.6 Å². The van der Waals surface area contributed by atoms with Gasteiger partial charge in [0.1, 0.15) is 11.4 Å². The van der Waals surface area contributed by atoms with Gasteiger partial charge in [-0.3, -0.25) is 9.78 Å². The second-order valence-corrected chi connectivity index (χ2v) is 6.15. The van der Waals surface area contributed by atoms with Crippen molar-refractivity contribution in [1.29, 1.82) is 0 Å². The molecule has 1 aromatic heterocycles. The van der Waals surface area contributed by atoms with Crippen LogP contribution in [0.4, 0.5) is 11.4 Å². The van der Waals surface area contributed by atoms with E-state index < -0.39 is 0 Å². The predicted molar refractivity (Wildman–Crippen MR) is 108 cm³/mol. The molecule has 138 valence electrons. The number of amides is 1. The van der Waals surface area contributed by atoms with E-state index in [9.17, 15) is 4.79 Å². The quantitative estimate of drug-likeness (QED) is 0.695. The van der Waals surface area contributed by atoms with Gasteiger partial charge in [0, 0.05) is 31.2 Å². The fraction of sp³-hybridized carbons (Fsp3) is 0.182. The van der Waals surface area contributed by atoms with Gasteiger partial charge < -0.3 is 15.0 Å². The number of pyridine rings is 1. The number of para-hydroxylation sites is 1. The van der Waals surface area contributed by atoms with Crippen LogP contribution in [0, 0.1) is 0 Å². The average molecular weight is 361 g/mol. The number of hydrogen-bond donors (Lipinski definition) is 1. The van der Waals surface area contributed by atoms with Crippen molar-refractivity contribution in [2.75, 3.05) is 25.6 Å². The molecule has 2 aromatic carbocycles. The number of aromatic nitrogens is 1. The summed E-state index contributed by atoms with van der Waals surface area (Å²) in [5, 5.41) is 2.93. The average Bonchev–Trinajstić information content (AvgIpc) is 2.74. The van der Waals surface area contributed by atoms with E-state index in [1.54, 1.807) is 19.4 Å². The minimum absolute atomic E-state index is 0.174. The Bertz CT molecular complexity index is 880. The molecule has 0 saturated heterocycles. The summed E-state index contributed by atoms with van der Waals surface area (Å²) >= 11 is 0. The summed E-state index contributed by atoms with van der Waals surface area (Å²) in [6.45, 7) is 0.547. The molecule has 5 heteroatoms. The molecule has 0 bridgehead atoms. The minimum atomic E-state index is -0.174. The highest BCUT2D eigenvalue weighted by Gasteiger charge is 2.10. The monoisotopic (exact) mass is 361 g/mol. The van der Waals surface area contributed by atoms with Crippen LogP contribution in [-0.4, -0.2) is 31.6 Å². The molecule has 0 saturated carbocycles. The summed E-state index contributed by atoms with van der Waals surface area (Å²) in [5.74, 6) is 0.651. The van der Waals surface area contributed by atoms with E-state index in [4.69, 9.17) is 4.74 Å². The van der Waals surface area contributed by atoms with Crippen LogP contribution < -0.4 is 15.0 Å². The summed E-state index contributed by atoms with van der Waals surface area (Å²) in [7, 11) is 3.61. The molecule has 0 spiro atoms. The molecule has 0 aliphatic carbocycles. The van der Waals surface area contributed by atoms with E-state index in [-0.39, 0.29) is 5.91 Å². The Balaban J connectivity index is 1.59. The Hall–Kier alpha value is -3.34. The summed E-state index contributed by atoms with van der Waals surface area (Å²) in [4.78, 5) is 18.7. The third kappa shape index (κ3) is 4.85. The zero-order valence-corrected chi connectivity index (χ0v) is 15.6. The smallest absolute Gasteiger partial charge is 0.269 e. The van der Waals surface area contributed by atoms with Gasteiger partial charge in [-0.2, -0.15) is 0 Å². The molecule has 3 rings (SSSR count). The van der Waals surface area contributed by atoms with Crippen LogP contribution in [-0.2, 0) is 6.42 Å². The molecule has 1 heterocycles. The number of rotatable bonds is 7. The summed E-state index contributed by atoms with van der Waals surface area (Å²) in [6, 6.07) is 21.5. The van der Waals surface area contributed by atoms with Crippen molar-refractivity contribution >= 4 is 17.3 Å². The molecular formula is C22H23N3O2. The van der Waals surface area contributed by atoms with Gasteiger partial charge in [-0.25, -0.2) is 0 Å². The first kappa shape index (κ1) is 18.5. The number of hydrogen-bond acceptors (Lipinski definition) is 4. The molecule has 5 nitrogen and oxygen atoms in total. The van der Waals surface area contributed by atoms with Crippen LogP contribution in [0.15, 0.2) is 72.9 Å². The van der Waals surface area contributed by atoms with Gasteiger partial charge in [0.15, 0.2) is 0 Å². The molecule has 3 aromatic rings. The number of carbonyl (C=O) groups excluding carboxylic acids is 1. The molecule has 27 heavy (non-hydrogen) atoms. The number of methoxy groups -OCH3 is 1. The Morgan fingerprint density at radius 2 is 1.78 bits per heavy atom. The van der Waals surface area contributed by atoms with Crippen molar-refractivity contribution in [3.05, 3.63) is 84.2 Å². The minimum Gasteiger partial charge on any atom is -0.497 e. The third-order valence-corrected chi connectivity index (χ3v) is 4.37. The van der Waals surface area contributed by atoms with Crippen LogP contribution in [0.25, 0.3) is 0 Å². The standard InChI is InChI=1S/C22H23N3O2/c1-25(18-6-4-3-5-7-18)19-13-15-23-21(16-19)22(26)24-14-12-17-8-10-20(27-2)11-9-17/h3-11,13,15-16H,12,14H2,1-2H3,(H,24,26). The van der Waals surface area contributed by atoms with Gasteiger partial charge in [0.2, 0.25) is 0 Å². The second kappa shape index (κ2) is 8.85. The Kier molecular flexibility index (Phi) is 6.05. The van der Waals surface area contributed by atoms with Crippen LogP contribution in [0.5, 0.6) is 5.75 Å². The molecule has 1 amide bonds. The van der Waals surface area contributed by atoms with Crippen molar-refractivity contribution in [3.8, 4) is 5.75 Å². The number of anilines is 2. The zero-order chi connectivity index (χ0) is 19.1. The molecule has 0 atom stereocenters. The van der Waals surface area contributed by atoms with Crippen molar-refractivity contribution in [2.24, 2.45) is 0 Å². The number of ether oxygens (including phenoxy) is 1. The van der Waals surface area contributed by atoms with Crippen LogP contribution in [0.3, 0.4) is 0 Å². The first-order valence-electron chi connectivity index (χ1n) is 8.83. The maximum Gasteiger partial charge on any atom is 0.269 e. The lowest BCUT2D eigenvalue weighted by atomic mass is 10.1. The number of carbonyl (C=O) groups is 1. The van der Waals surface area contributed by atoms with Gasteiger partial charge in [0.05, 0.1) is 7.11 Å². The number of benzene rings is 2. The molecule has 0 aliphatic rings. The SMILES string of the molecule is COc1ccc(CCNC(=O)c2cc(N(C)c3ccccc3)ccn2)cc1. The van der Waals surface area contributed by atoms with Crippen LogP contribution >= 0.6 is 0 Å². The van der Waals surface area contributed by atoms with Gasteiger partial charge in [-0.1, -0.05) is 30.3 Å². The first-order valence-corrected chi connectivity index (χ1v) is 8.83. The van der Waals surface area contributed by atoms with Crippen molar-refractivity contribution in [1.82, 2.24) is 10.3 Å². The predicted octanol–water partition coefficient (Wildman–Crippen LogP) is 3.83. The zero-order valence-electron chi connectivity index (χ0n) is 15.6. The third-order valence-electron chi connectivity index (χ3n) is 4.37. The fourth-order valence-corrected chi connectivity index (χ4v) is 2.76. The highest BCUT2D eigenvalue weighted by molar-refractivity contribution is 5.93. The Morgan fingerprint density at radius 3 is 2.48 bits per heavy atom. The van der Waals surface area contributed by atoms with E-state index in [2.05, 4.69) is 10.3 Å². The maximum absolute atomic E-state index is 12.4. The highest BCUT2D eigenvalue weighted by Crippen LogP contribution is 2.23. The summed E-state index contributed by atoms with van der Waals surface area (Å²) in [6.07, 6.45) is 2.41. The van der Waals surface area contributed by atoms with E-state index in [0.717, 1.165) is 29.1 Å². The summed E-state index contributed by atoms with van der Waals surface area (Å²) < 4.78 is 5.15. The fourth-order valence-electron chi connectivity index (χ4n) is 2.76. The van der Waals surface area contributed by atoms with Gasteiger partial charge in [-0.05, 0) is 48.4 Å². The molecule has 0 fully saturated rings. The Labute approximate surface area is 159 Å². The lowest BCUT2D eigenvalue weighted by Crippen LogP contribution is -2.26. The largest absolute Gasteiger partial charge is 0.497 e. The van der Waals surface area contributed by atoms with E-state index in [1.165, 1.54) is 0 Å². The lowest BCUT2D eigenvalue weighted by molar-refractivity contribution is 0.0949. The highest BCUT2D eigenvalue weighted by atomic mass is 16.5. The maximum atomic E-state index is 12.4.